The average Bonchev–Trinajstić information content (AvgIpc) is 1.67. The molecule has 9 N–H and O–H groups in total. The fourth-order valence-electron chi connectivity index (χ4n) is 9.48. The second-order valence-corrected chi connectivity index (χ2v) is 24.1. The number of carbonyl (C=O) groups is 10. The van der Waals surface area contributed by atoms with Gasteiger partial charge in [-0.2, -0.15) is 0 Å². The van der Waals surface area contributed by atoms with Crippen molar-refractivity contribution < 1.29 is 100.0 Å². The maximum absolute atomic E-state index is 13.2. The van der Waals surface area contributed by atoms with Crippen molar-refractivity contribution in [3.63, 3.8) is 0 Å². The summed E-state index contributed by atoms with van der Waals surface area (Å²) in [6.07, 6.45) is 0.622. The summed E-state index contributed by atoms with van der Waals surface area (Å²) < 4.78 is 50.3. The van der Waals surface area contributed by atoms with Gasteiger partial charge in [0.1, 0.15) is 53.1 Å². The molecule has 30 heteroatoms. The average molecular weight is 1390 g/mol. The van der Waals surface area contributed by atoms with E-state index >= 15 is 0 Å². The van der Waals surface area contributed by atoms with Gasteiger partial charge in [-0.25, -0.2) is 9.59 Å². The molecule has 10 atom stereocenters. The lowest BCUT2D eigenvalue weighted by atomic mass is 9.94. The van der Waals surface area contributed by atoms with Gasteiger partial charge in [0.05, 0.1) is 64.4 Å². The summed E-state index contributed by atoms with van der Waals surface area (Å²) in [4.78, 5) is 123. The SMILES string of the molecule is COC[C@H](NC(=O)[C@H](COC)NC(=O)c1cc(C)on1)C(=O)O.COC[C@H](NC(=O)c1cc(C)on1)C(=O)N[C@@H](COC)C(=O)N[C@@H](Cc1ccccc1)C(=O)[C@@]1(C)CO1.C[C@]1(C(=O)[C@@H](N)Cc2ccccc2)CO1.C[C@]1(C(=O)[C@H](Cc2ccccc2)NC(=O)OCc2ccccc2)CO1. The van der Waals surface area contributed by atoms with E-state index in [1.165, 1.54) is 40.6 Å². The minimum atomic E-state index is -1.25. The number of rotatable bonds is 34. The third-order valence-electron chi connectivity index (χ3n) is 15.5. The Balaban J connectivity index is 0.000000220. The van der Waals surface area contributed by atoms with Crippen molar-refractivity contribution in [2.24, 2.45) is 5.73 Å². The van der Waals surface area contributed by atoms with E-state index in [-0.39, 0.29) is 74.8 Å². The number of hydrogen-bond donors (Lipinski definition) is 8. The number of carboxylic acids is 1. The van der Waals surface area contributed by atoms with Crippen LogP contribution in [0.3, 0.4) is 0 Å². The summed E-state index contributed by atoms with van der Waals surface area (Å²) in [6, 6.07) is 34.2. The van der Waals surface area contributed by atoms with Gasteiger partial charge in [-0.15, -0.1) is 0 Å². The Morgan fingerprint density at radius 3 is 1.10 bits per heavy atom. The van der Waals surface area contributed by atoms with Gasteiger partial charge in [0.25, 0.3) is 11.8 Å². The fraction of sp³-hybridized carbons (Fsp3) is 0.429. The van der Waals surface area contributed by atoms with Crippen LogP contribution in [-0.4, -0.2) is 208 Å². The van der Waals surface area contributed by atoms with Gasteiger partial charge in [0, 0.05) is 40.6 Å². The van der Waals surface area contributed by atoms with Crippen LogP contribution in [0.1, 0.15) is 75.5 Å². The molecule has 538 valence electrons. The smallest absolute Gasteiger partial charge is 0.408 e. The minimum Gasteiger partial charge on any atom is -0.480 e. The maximum Gasteiger partial charge on any atom is 0.408 e. The van der Waals surface area contributed by atoms with Gasteiger partial charge < -0.3 is 89.7 Å². The standard InChI is InChI=1S/C25H32N4O8.C20H21NO4.C13H19N3O7.C12H15NO2/c1-15-10-18(29-37-15)22(31)27-20(13-35-4)24(33)28-19(12-34-3)23(32)26-17(21(30)25(2)14-36-25)11-16-8-6-5-7-9-16;1-20(14-25-20)18(22)17(12-15-8-4-2-5-9-15)21-19(23)24-13-16-10-6-3-7-11-16;1-7-4-8(16-23-7)11(17)14-9(5-21-2)12(18)15-10(6-22-3)13(19)20;1-12(8-15-12)11(14)10(13)7-9-5-3-2-4-6-9/h5-10,17,19-20H,11-14H2,1-4H3,(H,26,32)(H,27,31)(H,28,33);2-11,17H,12-14H2,1H3,(H,21,23);4,9-10H,5-6H2,1-3H3,(H,14,17)(H,15,18)(H,19,20);2-6,10H,7-8,13H2,1H3/t17-,19-,20-,25+;17-,20+;9-,10-;10-,12+/m0000/s1. The number of benzene rings is 4. The highest BCUT2D eigenvalue weighted by molar-refractivity contribution is 6.00. The first-order chi connectivity index (χ1) is 47.7. The molecule has 3 aliphatic rings. The number of carboxylic acid groups (broad SMARTS) is 1. The highest BCUT2D eigenvalue weighted by atomic mass is 16.6. The Labute approximate surface area is 577 Å². The molecule has 5 heterocycles. The topological polar surface area (TPSA) is 425 Å². The molecule has 0 spiro atoms. The highest BCUT2D eigenvalue weighted by Gasteiger charge is 2.52. The summed E-state index contributed by atoms with van der Waals surface area (Å²) in [5.41, 5.74) is 7.28. The van der Waals surface area contributed by atoms with E-state index in [2.05, 4.69) is 42.2 Å². The molecular weight excluding hydrogens is 1300 g/mol. The zero-order chi connectivity index (χ0) is 73.0. The first-order valence-corrected chi connectivity index (χ1v) is 31.7. The lowest BCUT2D eigenvalue weighted by molar-refractivity contribution is -0.143. The number of ketones is 3. The van der Waals surface area contributed by atoms with Crippen LogP contribution >= 0.6 is 0 Å². The van der Waals surface area contributed by atoms with Crippen molar-refractivity contribution in [2.45, 2.75) is 120 Å². The number of ether oxygens (including phenoxy) is 8. The van der Waals surface area contributed by atoms with Gasteiger partial charge in [-0.3, -0.25) is 38.4 Å². The van der Waals surface area contributed by atoms with Crippen LogP contribution in [0.25, 0.3) is 0 Å². The van der Waals surface area contributed by atoms with Crippen molar-refractivity contribution in [3.8, 4) is 0 Å². The molecule has 4 aromatic carbocycles. The molecule has 6 amide bonds. The number of methoxy groups -OCH3 is 4. The third-order valence-corrected chi connectivity index (χ3v) is 15.5. The van der Waals surface area contributed by atoms with E-state index in [9.17, 15) is 47.9 Å². The molecule has 6 aromatic rings. The molecule has 0 unspecified atom stereocenters. The second kappa shape index (κ2) is 38.4. The monoisotopic (exact) mass is 1390 g/mol. The molecule has 0 saturated carbocycles. The first-order valence-electron chi connectivity index (χ1n) is 31.7. The number of nitrogens with one attached hydrogen (secondary N) is 6. The van der Waals surface area contributed by atoms with Crippen LogP contribution in [0, 0.1) is 13.8 Å². The zero-order valence-corrected chi connectivity index (χ0v) is 57.1. The molecule has 100 heavy (non-hydrogen) atoms. The number of alkyl carbamates (subject to hydrolysis) is 1. The number of aliphatic carboxylic acids is 1. The van der Waals surface area contributed by atoms with E-state index in [0.29, 0.717) is 37.6 Å². The van der Waals surface area contributed by atoms with E-state index < -0.39 is 101 Å². The molecule has 0 aliphatic carbocycles. The Morgan fingerprint density at radius 1 is 0.450 bits per heavy atom. The predicted octanol–water partition coefficient (Wildman–Crippen LogP) is 2.68. The number of Topliss-reactive ketones (excluding diaryl/α,β-unsaturated/α-hetero) is 3. The lowest BCUT2D eigenvalue weighted by Gasteiger charge is -2.25. The van der Waals surface area contributed by atoms with Gasteiger partial charge in [-0.1, -0.05) is 132 Å². The van der Waals surface area contributed by atoms with Gasteiger partial charge in [-0.05, 0) is 76.1 Å². The number of nitrogens with two attached hydrogens (primary N) is 1. The summed E-state index contributed by atoms with van der Waals surface area (Å²) in [5.74, 6) is -4.09. The summed E-state index contributed by atoms with van der Waals surface area (Å²) in [6.45, 7) is 9.08. The highest BCUT2D eigenvalue weighted by Crippen LogP contribution is 2.31. The number of aromatic nitrogens is 2. The lowest BCUT2D eigenvalue weighted by Crippen LogP contribution is -2.59. The van der Waals surface area contributed by atoms with E-state index in [4.69, 9.17) is 57.8 Å². The molecule has 3 aliphatic heterocycles. The predicted molar refractivity (Wildman–Crippen MR) is 356 cm³/mol. The quantitative estimate of drug-likeness (QED) is 0.0269. The van der Waals surface area contributed by atoms with E-state index in [1.807, 2.05) is 121 Å². The Hall–Kier alpha value is -9.92. The van der Waals surface area contributed by atoms with Gasteiger partial charge >= 0.3 is 12.1 Å². The van der Waals surface area contributed by atoms with E-state index in [1.54, 1.807) is 34.6 Å². The molecule has 3 saturated heterocycles. The number of carbonyl (C=O) groups excluding carboxylic acids is 9. The minimum absolute atomic E-state index is 0.00285. The molecule has 9 rings (SSSR count). The molecule has 30 nitrogen and oxygen atoms in total. The number of amides is 6. The maximum atomic E-state index is 13.2. The van der Waals surface area contributed by atoms with Crippen molar-refractivity contribution in [2.75, 3.05) is 74.7 Å². The normalized spacial score (nSPS) is 18.8. The van der Waals surface area contributed by atoms with Crippen LogP contribution < -0.4 is 37.6 Å². The second-order valence-electron chi connectivity index (χ2n) is 24.1. The van der Waals surface area contributed by atoms with Crippen molar-refractivity contribution in [3.05, 3.63) is 179 Å². The van der Waals surface area contributed by atoms with Crippen LogP contribution in [-0.2, 0) is 97.3 Å². The molecule has 0 bridgehead atoms. The first kappa shape index (κ1) is 79.1. The number of aryl methyl sites for hydroxylation is 2. The largest absolute Gasteiger partial charge is 0.480 e. The number of nitrogens with zero attached hydrogens (tertiary/aromatic N) is 2. The Bertz CT molecular complexity index is 3660. The third kappa shape index (κ3) is 25.4. The van der Waals surface area contributed by atoms with Crippen LogP contribution in [0.2, 0.25) is 0 Å². The van der Waals surface area contributed by atoms with Crippen molar-refractivity contribution >= 4 is 58.9 Å². The van der Waals surface area contributed by atoms with Crippen molar-refractivity contribution in [1.29, 1.82) is 0 Å². The fourth-order valence-corrected chi connectivity index (χ4v) is 9.48. The van der Waals surface area contributed by atoms with Crippen LogP contribution in [0.15, 0.2) is 143 Å². The Kier molecular flexibility index (Phi) is 30.4. The summed E-state index contributed by atoms with van der Waals surface area (Å²) in [7, 11) is 5.39. The van der Waals surface area contributed by atoms with Crippen molar-refractivity contribution in [1.82, 2.24) is 42.2 Å². The molecular formula is C70H87N9O21. The molecule has 0 radical (unpaired) electrons. The molecule has 2 aromatic heterocycles. The zero-order valence-electron chi connectivity index (χ0n) is 57.1. The number of hydrogen-bond acceptors (Lipinski definition) is 23. The Morgan fingerprint density at radius 2 is 0.760 bits per heavy atom. The van der Waals surface area contributed by atoms with Gasteiger partial charge in [0.2, 0.25) is 17.7 Å². The number of epoxide rings is 3. The van der Waals surface area contributed by atoms with Crippen LogP contribution in [0.5, 0.6) is 0 Å². The molecule has 3 fully saturated rings. The summed E-state index contributed by atoms with van der Waals surface area (Å²) >= 11 is 0. The van der Waals surface area contributed by atoms with Crippen LogP contribution in [0.4, 0.5) is 4.79 Å². The van der Waals surface area contributed by atoms with Gasteiger partial charge in [0.15, 0.2) is 34.8 Å². The summed E-state index contributed by atoms with van der Waals surface area (Å²) in [5, 5.41) is 31.3. The van der Waals surface area contributed by atoms with E-state index in [0.717, 1.165) is 22.3 Å².